The Hall–Kier alpha value is -1.95. The van der Waals surface area contributed by atoms with Gasteiger partial charge < -0.3 is 14.3 Å². The van der Waals surface area contributed by atoms with Crippen molar-refractivity contribution in [2.24, 2.45) is 11.8 Å². The van der Waals surface area contributed by atoms with Gasteiger partial charge in [0.1, 0.15) is 6.10 Å². The maximum absolute atomic E-state index is 11.7. The van der Waals surface area contributed by atoms with E-state index in [4.69, 9.17) is 9.16 Å². The third-order valence-electron chi connectivity index (χ3n) is 6.87. The predicted molar refractivity (Wildman–Crippen MR) is 120 cm³/mol. The van der Waals surface area contributed by atoms with E-state index < -0.39 is 14.4 Å². The zero-order chi connectivity index (χ0) is 21.4. The van der Waals surface area contributed by atoms with Gasteiger partial charge in [0, 0.05) is 31.3 Å². The highest BCUT2D eigenvalue weighted by Gasteiger charge is 2.53. The van der Waals surface area contributed by atoms with Crippen LogP contribution in [0.3, 0.4) is 0 Å². The molecule has 4 rings (SSSR count). The van der Waals surface area contributed by atoms with Gasteiger partial charge in [0.25, 0.3) is 8.32 Å². The maximum Gasteiger partial charge on any atom is 0.306 e. The summed E-state index contributed by atoms with van der Waals surface area (Å²) in [6.07, 6.45) is 1.06. The van der Waals surface area contributed by atoms with Gasteiger partial charge in [0.05, 0.1) is 6.10 Å². The molecular formula is C25H32O4Si. The van der Waals surface area contributed by atoms with Gasteiger partial charge in [-0.15, -0.1) is 0 Å². The van der Waals surface area contributed by atoms with E-state index in [9.17, 15) is 9.90 Å². The molecule has 0 bridgehead atoms. The number of hydrogen-bond acceptors (Lipinski definition) is 4. The van der Waals surface area contributed by atoms with Crippen molar-refractivity contribution < 1.29 is 19.1 Å². The second-order valence-corrected chi connectivity index (χ2v) is 14.0. The number of carbonyl (C=O) groups is 1. The van der Waals surface area contributed by atoms with Gasteiger partial charge in [-0.3, -0.25) is 4.79 Å². The van der Waals surface area contributed by atoms with E-state index in [1.54, 1.807) is 0 Å². The standard InChI is InChI=1S/C25H32O4Si/c1-25(2,3)30(18-10-6-4-7-11-18,19-12-8-5-9-13-19)28-17-21-20-14-15-24(27)29-23(20)16-22(21)26/h4-13,20-23,26H,14-17H2,1-3H3/t20-,21-,22-,23+/m1/s1. The van der Waals surface area contributed by atoms with E-state index in [1.807, 2.05) is 12.1 Å². The van der Waals surface area contributed by atoms with Crippen LogP contribution in [0.15, 0.2) is 60.7 Å². The smallest absolute Gasteiger partial charge is 0.306 e. The number of rotatable bonds is 5. The number of fused-ring (bicyclic) bond motifs is 1. The Bertz CT molecular complexity index is 822. The summed E-state index contributed by atoms with van der Waals surface area (Å²) in [5.74, 6) is 0.0256. The van der Waals surface area contributed by atoms with Crippen molar-refractivity contribution in [3.63, 3.8) is 0 Å². The first-order chi connectivity index (χ1) is 14.3. The molecule has 1 heterocycles. The largest absolute Gasteiger partial charge is 0.462 e. The molecule has 1 N–H and O–H groups in total. The summed E-state index contributed by atoms with van der Waals surface area (Å²) in [5.41, 5.74) is 0. The molecule has 0 unspecified atom stereocenters. The number of aliphatic hydroxyl groups excluding tert-OH is 1. The van der Waals surface area contributed by atoms with Crippen molar-refractivity contribution in [1.82, 2.24) is 0 Å². The van der Waals surface area contributed by atoms with Crippen molar-refractivity contribution in [3.05, 3.63) is 60.7 Å². The molecule has 1 saturated heterocycles. The normalized spacial score (nSPS) is 26.9. The first kappa shape index (κ1) is 21.3. The van der Waals surface area contributed by atoms with E-state index in [-0.39, 0.29) is 28.9 Å². The number of aliphatic hydroxyl groups is 1. The lowest BCUT2D eigenvalue weighted by molar-refractivity contribution is -0.157. The Kier molecular flexibility index (Phi) is 5.88. The minimum Gasteiger partial charge on any atom is -0.462 e. The fourth-order valence-electron chi connectivity index (χ4n) is 5.41. The van der Waals surface area contributed by atoms with Crippen molar-refractivity contribution >= 4 is 24.7 Å². The topological polar surface area (TPSA) is 55.8 Å². The number of carbonyl (C=O) groups excluding carboxylic acids is 1. The van der Waals surface area contributed by atoms with Gasteiger partial charge in [-0.05, 0) is 21.8 Å². The minimum absolute atomic E-state index is 0.00949. The van der Waals surface area contributed by atoms with E-state index in [1.165, 1.54) is 10.4 Å². The Labute approximate surface area is 180 Å². The fraction of sp³-hybridized carbons (Fsp3) is 0.480. The third kappa shape index (κ3) is 3.75. The molecule has 1 aliphatic carbocycles. The average Bonchev–Trinajstić information content (AvgIpc) is 3.03. The molecule has 0 spiro atoms. The van der Waals surface area contributed by atoms with Crippen LogP contribution in [0.25, 0.3) is 0 Å². The van der Waals surface area contributed by atoms with Gasteiger partial charge in [-0.25, -0.2) is 0 Å². The molecule has 2 aromatic rings. The molecule has 4 nitrogen and oxygen atoms in total. The zero-order valence-electron chi connectivity index (χ0n) is 18.1. The molecule has 4 atom stereocenters. The lowest BCUT2D eigenvalue weighted by atomic mass is 9.88. The van der Waals surface area contributed by atoms with Crippen molar-refractivity contribution in [2.75, 3.05) is 6.61 Å². The first-order valence-corrected chi connectivity index (χ1v) is 12.9. The van der Waals surface area contributed by atoms with Crippen LogP contribution in [-0.4, -0.2) is 38.2 Å². The van der Waals surface area contributed by atoms with E-state index in [0.717, 1.165) is 6.42 Å². The molecular weight excluding hydrogens is 392 g/mol. The Morgan fingerprint density at radius 1 is 1.03 bits per heavy atom. The third-order valence-corrected chi connectivity index (χ3v) is 11.9. The molecule has 5 heteroatoms. The zero-order valence-corrected chi connectivity index (χ0v) is 19.1. The highest BCUT2D eigenvalue weighted by atomic mass is 28.4. The lowest BCUT2D eigenvalue weighted by Gasteiger charge is -2.44. The summed E-state index contributed by atoms with van der Waals surface area (Å²) in [6.45, 7) is 7.26. The molecule has 30 heavy (non-hydrogen) atoms. The Balaban J connectivity index is 1.70. The van der Waals surface area contributed by atoms with Gasteiger partial charge >= 0.3 is 5.97 Å². The van der Waals surface area contributed by atoms with Gasteiger partial charge in [0.15, 0.2) is 0 Å². The molecule has 160 valence electrons. The fourth-order valence-corrected chi connectivity index (χ4v) is 10.0. The summed E-state index contributed by atoms with van der Waals surface area (Å²) in [4.78, 5) is 11.7. The first-order valence-electron chi connectivity index (χ1n) is 11.0. The molecule has 0 amide bonds. The monoisotopic (exact) mass is 424 g/mol. The minimum atomic E-state index is -2.64. The van der Waals surface area contributed by atoms with Crippen LogP contribution in [0.5, 0.6) is 0 Å². The predicted octanol–water partition coefficient (Wildman–Crippen LogP) is 3.27. The summed E-state index contributed by atoms with van der Waals surface area (Å²) in [5, 5.41) is 13.2. The average molecular weight is 425 g/mol. The highest BCUT2D eigenvalue weighted by Crippen LogP contribution is 2.43. The lowest BCUT2D eigenvalue weighted by Crippen LogP contribution is -2.67. The summed E-state index contributed by atoms with van der Waals surface area (Å²) in [6, 6.07) is 21.1. The SMILES string of the molecule is CC(C)(C)[Si](OC[C@@H]1[C@H]2CCC(=O)O[C@H]2C[C@H]1O)(c1ccccc1)c1ccccc1. The quantitative estimate of drug-likeness (QED) is 0.591. The van der Waals surface area contributed by atoms with Crippen molar-refractivity contribution in [2.45, 2.75) is 57.3 Å². The van der Waals surface area contributed by atoms with E-state index in [2.05, 4.69) is 69.3 Å². The van der Waals surface area contributed by atoms with Gasteiger partial charge in [-0.2, -0.15) is 0 Å². The molecule has 2 aliphatic rings. The molecule has 1 aliphatic heterocycles. The summed E-state index contributed by atoms with van der Waals surface area (Å²) in [7, 11) is -2.64. The molecule has 1 saturated carbocycles. The highest BCUT2D eigenvalue weighted by molar-refractivity contribution is 6.99. The van der Waals surface area contributed by atoms with Crippen LogP contribution >= 0.6 is 0 Å². The molecule has 0 aromatic heterocycles. The van der Waals surface area contributed by atoms with Crippen LogP contribution in [0, 0.1) is 11.8 Å². The van der Waals surface area contributed by atoms with Crippen LogP contribution in [0.1, 0.15) is 40.0 Å². The molecule has 0 radical (unpaired) electrons. The second kappa shape index (κ2) is 8.29. The summed E-state index contributed by atoms with van der Waals surface area (Å²) >= 11 is 0. The van der Waals surface area contributed by atoms with Crippen molar-refractivity contribution in [1.29, 1.82) is 0 Å². The van der Waals surface area contributed by atoms with Crippen LogP contribution in [0.2, 0.25) is 5.04 Å². The summed E-state index contributed by atoms with van der Waals surface area (Å²) < 4.78 is 12.6. The number of benzene rings is 2. The number of ether oxygens (including phenoxy) is 1. The molecule has 2 fully saturated rings. The van der Waals surface area contributed by atoms with E-state index >= 15 is 0 Å². The Morgan fingerprint density at radius 2 is 1.60 bits per heavy atom. The van der Waals surface area contributed by atoms with Crippen LogP contribution < -0.4 is 10.4 Å². The van der Waals surface area contributed by atoms with Crippen molar-refractivity contribution in [3.8, 4) is 0 Å². The Morgan fingerprint density at radius 3 is 2.13 bits per heavy atom. The van der Waals surface area contributed by atoms with Crippen LogP contribution in [0.4, 0.5) is 0 Å². The maximum atomic E-state index is 11.7. The molecule has 2 aromatic carbocycles. The number of hydrogen-bond donors (Lipinski definition) is 1. The second-order valence-electron chi connectivity index (χ2n) is 9.67. The number of esters is 1. The van der Waals surface area contributed by atoms with Gasteiger partial charge in [0.2, 0.25) is 0 Å². The van der Waals surface area contributed by atoms with E-state index in [0.29, 0.717) is 19.4 Å². The van der Waals surface area contributed by atoms with Crippen LogP contribution in [-0.2, 0) is 14.0 Å². The van der Waals surface area contributed by atoms with Gasteiger partial charge in [-0.1, -0.05) is 81.4 Å².